The summed E-state index contributed by atoms with van der Waals surface area (Å²) in [4.78, 5) is 11.6. The van der Waals surface area contributed by atoms with E-state index in [4.69, 9.17) is 4.74 Å². The number of fused-ring (bicyclic) bond motifs is 5. The first-order chi connectivity index (χ1) is 11.4. The van der Waals surface area contributed by atoms with Crippen molar-refractivity contribution < 1.29 is 19.7 Å². The largest absolute Gasteiger partial charge is 0.462 e. The molecule has 0 heterocycles. The molecule has 3 saturated carbocycles. The van der Waals surface area contributed by atoms with Crippen LogP contribution in [-0.2, 0) is 9.53 Å². The van der Waals surface area contributed by atoms with Crippen molar-refractivity contribution in [3.05, 3.63) is 11.6 Å². The highest BCUT2D eigenvalue weighted by Crippen LogP contribution is 2.62. The average Bonchev–Trinajstić information content (AvgIpc) is 2.81. The number of aliphatic hydroxyl groups excluding tert-OH is 2. The Balaban J connectivity index is 1.64. The molecule has 4 aliphatic carbocycles. The third-order valence-corrected chi connectivity index (χ3v) is 7.70. The van der Waals surface area contributed by atoms with Crippen molar-refractivity contribution in [2.45, 2.75) is 77.1 Å². The topological polar surface area (TPSA) is 66.8 Å². The lowest BCUT2D eigenvalue weighted by molar-refractivity contribution is -0.155. The van der Waals surface area contributed by atoms with E-state index in [-0.39, 0.29) is 29.5 Å². The van der Waals surface area contributed by atoms with Gasteiger partial charge in [-0.1, -0.05) is 18.6 Å². The van der Waals surface area contributed by atoms with Gasteiger partial charge in [0.2, 0.25) is 0 Å². The Bertz CT molecular complexity index is 556. The van der Waals surface area contributed by atoms with E-state index in [1.807, 2.05) is 6.08 Å². The molecule has 0 aliphatic heterocycles. The van der Waals surface area contributed by atoms with Gasteiger partial charge >= 0.3 is 5.97 Å². The van der Waals surface area contributed by atoms with Crippen LogP contribution in [0.25, 0.3) is 0 Å². The fourth-order valence-electron chi connectivity index (χ4n) is 6.67. The van der Waals surface area contributed by atoms with Crippen LogP contribution >= 0.6 is 0 Å². The Morgan fingerprint density at radius 1 is 1.21 bits per heavy atom. The van der Waals surface area contributed by atoms with Crippen molar-refractivity contribution in [2.24, 2.45) is 29.1 Å². The second-order valence-corrected chi connectivity index (χ2v) is 8.83. The number of hydrogen-bond donors (Lipinski definition) is 2. The van der Waals surface area contributed by atoms with Crippen LogP contribution in [0, 0.1) is 29.1 Å². The van der Waals surface area contributed by atoms with E-state index in [1.165, 1.54) is 12.5 Å². The lowest BCUT2D eigenvalue weighted by atomic mass is 9.51. The first-order valence-corrected chi connectivity index (χ1v) is 9.64. The van der Waals surface area contributed by atoms with Crippen LogP contribution in [0.5, 0.6) is 0 Å². The van der Waals surface area contributed by atoms with Crippen molar-refractivity contribution in [2.75, 3.05) is 0 Å². The molecule has 4 heteroatoms. The number of aliphatic hydroxyl groups is 2. The minimum atomic E-state index is -0.487. The summed E-state index contributed by atoms with van der Waals surface area (Å²) in [5.41, 5.74) is 1.39. The van der Waals surface area contributed by atoms with Gasteiger partial charge in [-0.3, -0.25) is 4.79 Å². The summed E-state index contributed by atoms with van der Waals surface area (Å²) >= 11 is 0. The monoisotopic (exact) mass is 334 g/mol. The van der Waals surface area contributed by atoms with E-state index in [0.717, 1.165) is 38.5 Å². The first-order valence-electron chi connectivity index (χ1n) is 9.64. The molecule has 134 valence electrons. The lowest BCUT2D eigenvalue weighted by Crippen LogP contribution is -2.51. The van der Waals surface area contributed by atoms with Gasteiger partial charge in [0.05, 0.1) is 12.2 Å². The minimum Gasteiger partial charge on any atom is -0.462 e. The zero-order chi connectivity index (χ0) is 17.1. The number of rotatable bonds is 1. The number of hydrogen-bond acceptors (Lipinski definition) is 4. The maximum atomic E-state index is 11.6. The number of carbonyl (C=O) groups excluding carboxylic acids is 1. The Hall–Kier alpha value is -0.870. The van der Waals surface area contributed by atoms with Gasteiger partial charge in [0, 0.05) is 19.3 Å². The predicted octanol–water partition coefficient (Wildman–Crippen LogP) is 2.82. The molecule has 0 radical (unpaired) electrons. The standard InChI is InChI=1S/C20H30O4/c1-11(21)24-17-10-13(22)9-12-3-4-14-15(19(12)17)7-8-20(2)16(14)5-6-18(20)23/h9,13-19,22-23H,3-8,10H2,1-2H3/t13-,14-,15+,16+,17-,18+,19+,20+/m1/s1. The smallest absolute Gasteiger partial charge is 0.302 e. The van der Waals surface area contributed by atoms with Gasteiger partial charge in [0.1, 0.15) is 6.10 Å². The van der Waals surface area contributed by atoms with Gasteiger partial charge < -0.3 is 14.9 Å². The van der Waals surface area contributed by atoms with Crippen molar-refractivity contribution in [3.8, 4) is 0 Å². The van der Waals surface area contributed by atoms with Crippen molar-refractivity contribution in [1.29, 1.82) is 0 Å². The van der Waals surface area contributed by atoms with Crippen LogP contribution in [0.4, 0.5) is 0 Å². The summed E-state index contributed by atoms with van der Waals surface area (Å²) in [6, 6.07) is 0. The fourth-order valence-corrected chi connectivity index (χ4v) is 6.67. The average molecular weight is 334 g/mol. The van der Waals surface area contributed by atoms with Crippen LogP contribution in [0.2, 0.25) is 0 Å². The molecule has 0 aromatic carbocycles. The lowest BCUT2D eigenvalue weighted by Gasteiger charge is -2.54. The molecule has 8 atom stereocenters. The zero-order valence-electron chi connectivity index (χ0n) is 14.8. The summed E-state index contributed by atoms with van der Waals surface area (Å²) < 4.78 is 5.65. The highest BCUT2D eigenvalue weighted by atomic mass is 16.5. The Kier molecular flexibility index (Phi) is 4.04. The van der Waals surface area contributed by atoms with E-state index < -0.39 is 6.10 Å². The molecular weight excluding hydrogens is 304 g/mol. The van der Waals surface area contributed by atoms with Crippen LogP contribution in [-0.4, -0.2) is 34.5 Å². The van der Waals surface area contributed by atoms with Gasteiger partial charge in [-0.2, -0.15) is 0 Å². The fraction of sp³-hybridized carbons (Fsp3) is 0.850. The first kappa shape index (κ1) is 16.6. The van der Waals surface area contributed by atoms with Gasteiger partial charge in [-0.05, 0) is 61.7 Å². The maximum Gasteiger partial charge on any atom is 0.302 e. The van der Waals surface area contributed by atoms with Crippen molar-refractivity contribution in [3.63, 3.8) is 0 Å². The summed E-state index contributed by atoms with van der Waals surface area (Å²) in [6.45, 7) is 3.75. The zero-order valence-corrected chi connectivity index (χ0v) is 14.8. The van der Waals surface area contributed by atoms with Crippen molar-refractivity contribution >= 4 is 5.97 Å². The third-order valence-electron chi connectivity index (χ3n) is 7.70. The van der Waals surface area contributed by atoms with Gasteiger partial charge in [0.25, 0.3) is 0 Å². The Labute approximate surface area is 144 Å². The van der Waals surface area contributed by atoms with E-state index in [2.05, 4.69) is 6.92 Å². The van der Waals surface area contributed by atoms with Crippen molar-refractivity contribution in [1.82, 2.24) is 0 Å². The molecule has 0 aromatic heterocycles. The number of esters is 1. The third kappa shape index (κ3) is 2.45. The molecule has 4 rings (SSSR count). The second kappa shape index (κ2) is 5.84. The highest BCUT2D eigenvalue weighted by molar-refractivity contribution is 5.66. The van der Waals surface area contributed by atoms with Crippen LogP contribution < -0.4 is 0 Å². The SMILES string of the molecule is CC(=O)O[C@@H]1C[C@H](O)C=C2CC[C@@H]3[C@H](CC[C@]4(C)[C@@H](O)CC[C@@H]34)[C@H]21. The normalized spacial score (nSPS) is 50.3. The summed E-state index contributed by atoms with van der Waals surface area (Å²) in [5.74, 6) is 1.78. The summed E-state index contributed by atoms with van der Waals surface area (Å²) in [7, 11) is 0. The molecule has 0 aromatic rings. The summed E-state index contributed by atoms with van der Waals surface area (Å²) in [5, 5.41) is 20.7. The molecule has 24 heavy (non-hydrogen) atoms. The van der Waals surface area contributed by atoms with E-state index in [1.54, 1.807) is 0 Å². The molecule has 4 aliphatic rings. The Morgan fingerprint density at radius 2 is 2.00 bits per heavy atom. The molecule has 3 fully saturated rings. The molecule has 0 spiro atoms. The molecule has 4 nitrogen and oxygen atoms in total. The molecule has 0 amide bonds. The van der Waals surface area contributed by atoms with Gasteiger partial charge in [0.15, 0.2) is 0 Å². The second-order valence-electron chi connectivity index (χ2n) is 8.83. The number of carbonyl (C=O) groups is 1. The van der Waals surface area contributed by atoms with E-state index in [9.17, 15) is 15.0 Å². The van der Waals surface area contributed by atoms with Crippen LogP contribution in [0.3, 0.4) is 0 Å². The predicted molar refractivity (Wildman–Crippen MR) is 90.0 cm³/mol. The van der Waals surface area contributed by atoms with Gasteiger partial charge in [-0.25, -0.2) is 0 Å². The summed E-state index contributed by atoms with van der Waals surface area (Å²) in [6.07, 6.45) is 8.12. The quantitative estimate of drug-likeness (QED) is 0.572. The number of ether oxygens (including phenoxy) is 1. The molecule has 0 saturated heterocycles. The molecule has 0 unspecified atom stereocenters. The molecule has 2 N–H and O–H groups in total. The Morgan fingerprint density at radius 3 is 2.75 bits per heavy atom. The highest BCUT2D eigenvalue weighted by Gasteiger charge is 2.57. The van der Waals surface area contributed by atoms with Gasteiger partial charge in [-0.15, -0.1) is 0 Å². The van der Waals surface area contributed by atoms with Crippen LogP contribution in [0.1, 0.15) is 58.8 Å². The molecule has 0 bridgehead atoms. The van der Waals surface area contributed by atoms with Crippen LogP contribution in [0.15, 0.2) is 11.6 Å². The molecular formula is C20H30O4. The minimum absolute atomic E-state index is 0.0769. The van der Waals surface area contributed by atoms with E-state index >= 15 is 0 Å². The van der Waals surface area contributed by atoms with E-state index in [0.29, 0.717) is 24.2 Å². The maximum absolute atomic E-state index is 11.6.